The maximum Gasteiger partial charge on any atom is 0.407 e. The second kappa shape index (κ2) is 9.78. The van der Waals surface area contributed by atoms with Crippen molar-refractivity contribution in [3.63, 3.8) is 0 Å². The molecule has 2 unspecified atom stereocenters. The molecule has 0 aliphatic heterocycles. The number of halogens is 1. The summed E-state index contributed by atoms with van der Waals surface area (Å²) in [5.41, 5.74) is 0.952. The normalized spacial score (nSPS) is 18.1. The highest BCUT2D eigenvalue weighted by molar-refractivity contribution is 5.91. The van der Waals surface area contributed by atoms with Crippen LogP contribution in [-0.4, -0.2) is 38.3 Å². The minimum Gasteiger partial charge on any atom is -0.444 e. The molecule has 1 fully saturated rings. The number of ether oxygens (including phenoxy) is 1. The number of aromatic nitrogens is 3. The third kappa shape index (κ3) is 5.62. The number of nitriles is 1. The SMILES string of the molecule is Cn1ccc2c(Nc3nc(NC4CCCCC4NC(=O)OC(C)(C)C)c(F)cc3C#N)ccnc21. The number of aryl methyl sites for hydroxylation is 1. The van der Waals surface area contributed by atoms with Gasteiger partial charge in [0, 0.05) is 30.9 Å². The van der Waals surface area contributed by atoms with Crippen molar-refractivity contribution in [2.45, 2.75) is 64.1 Å². The average molecular weight is 480 g/mol. The number of nitrogens with one attached hydrogen (secondary N) is 3. The molecular weight excluding hydrogens is 449 g/mol. The lowest BCUT2D eigenvalue weighted by atomic mass is 9.90. The fraction of sp³-hybridized carbons (Fsp3) is 0.440. The van der Waals surface area contributed by atoms with Crippen LogP contribution < -0.4 is 16.0 Å². The number of hydrogen-bond donors (Lipinski definition) is 3. The van der Waals surface area contributed by atoms with Crippen molar-refractivity contribution in [1.29, 1.82) is 5.26 Å². The Kier molecular flexibility index (Phi) is 6.78. The van der Waals surface area contributed by atoms with Crippen molar-refractivity contribution >= 4 is 34.4 Å². The standard InChI is InChI=1S/C25H30FN7O2/c1-25(2,3)35-24(34)31-20-8-6-5-7-19(20)30-22-17(26)13-15(14-27)21(32-22)29-18-9-11-28-23-16(18)10-12-33(23)4/h9-13,19-20H,5-8H2,1-4H3,(H,31,34)(H2,28,29,30,32). The number of fused-ring (bicyclic) bond motifs is 1. The molecule has 4 rings (SSSR count). The van der Waals surface area contributed by atoms with Crippen molar-refractivity contribution in [2.24, 2.45) is 7.05 Å². The van der Waals surface area contributed by atoms with Gasteiger partial charge in [0.25, 0.3) is 0 Å². The highest BCUT2D eigenvalue weighted by atomic mass is 19.1. The van der Waals surface area contributed by atoms with Crippen LogP contribution in [0, 0.1) is 17.1 Å². The molecule has 0 spiro atoms. The van der Waals surface area contributed by atoms with Gasteiger partial charge in [0.15, 0.2) is 17.5 Å². The molecule has 0 aromatic carbocycles. The van der Waals surface area contributed by atoms with Crippen LogP contribution in [0.3, 0.4) is 0 Å². The molecule has 3 aromatic heterocycles. The van der Waals surface area contributed by atoms with Crippen molar-refractivity contribution < 1.29 is 13.9 Å². The second-order valence-corrected chi connectivity index (χ2v) is 9.76. The van der Waals surface area contributed by atoms with Crippen molar-refractivity contribution in [3.05, 3.63) is 42.0 Å². The number of rotatable bonds is 5. The van der Waals surface area contributed by atoms with Gasteiger partial charge in [-0.05, 0) is 51.8 Å². The van der Waals surface area contributed by atoms with Crippen LogP contribution in [0.15, 0.2) is 30.6 Å². The smallest absolute Gasteiger partial charge is 0.407 e. The van der Waals surface area contributed by atoms with E-state index in [0.29, 0.717) is 5.69 Å². The number of amides is 1. The predicted molar refractivity (Wildman–Crippen MR) is 132 cm³/mol. The molecule has 3 aromatic rings. The van der Waals surface area contributed by atoms with E-state index in [9.17, 15) is 14.4 Å². The van der Waals surface area contributed by atoms with Crippen LogP contribution in [-0.2, 0) is 11.8 Å². The summed E-state index contributed by atoms with van der Waals surface area (Å²) in [6.45, 7) is 5.42. The summed E-state index contributed by atoms with van der Waals surface area (Å²) in [6, 6.07) is 6.39. The minimum absolute atomic E-state index is 0.0211. The van der Waals surface area contributed by atoms with Gasteiger partial charge >= 0.3 is 6.09 Å². The monoisotopic (exact) mass is 479 g/mol. The molecule has 1 aliphatic carbocycles. The molecule has 3 heterocycles. The molecule has 10 heteroatoms. The van der Waals surface area contributed by atoms with Crippen LogP contribution in [0.5, 0.6) is 0 Å². The Morgan fingerprint density at radius 3 is 2.69 bits per heavy atom. The predicted octanol–water partition coefficient (Wildman–Crippen LogP) is 4.97. The van der Waals surface area contributed by atoms with Crippen LogP contribution in [0.1, 0.15) is 52.0 Å². The zero-order chi connectivity index (χ0) is 25.2. The molecular formula is C25H30FN7O2. The lowest BCUT2D eigenvalue weighted by Crippen LogP contribution is -2.50. The molecule has 1 saturated carbocycles. The van der Waals surface area contributed by atoms with E-state index < -0.39 is 17.5 Å². The van der Waals surface area contributed by atoms with E-state index in [-0.39, 0.29) is 29.3 Å². The Labute approximate surface area is 203 Å². The summed E-state index contributed by atoms with van der Waals surface area (Å²) in [7, 11) is 1.89. The number of carbonyl (C=O) groups excluding carboxylic acids is 1. The first-order chi connectivity index (χ1) is 16.6. The highest BCUT2D eigenvalue weighted by Gasteiger charge is 2.29. The van der Waals surface area contributed by atoms with Gasteiger partial charge < -0.3 is 25.3 Å². The lowest BCUT2D eigenvalue weighted by Gasteiger charge is -2.33. The number of anilines is 3. The van der Waals surface area contributed by atoms with E-state index in [1.807, 2.05) is 29.9 Å². The van der Waals surface area contributed by atoms with Crippen LogP contribution >= 0.6 is 0 Å². The first kappa shape index (κ1) is 24.3. The molecule has 9 nitrogen and oxygen atoms in total. The first-order valence-corrected chi connectivity index (χ1v) is 11.7. The van der Waals surface area contributed by atoms with Crippen LogP contribution in [0.25, 0.3) is 11.0 Å². The average Bonchev–Trinajstić information content (AvgIpc) is 3.17. The van der Waals surface area contributed by atoms with E-state index in [1.54, 1.807) is 33.0 Å². The number of alkyl carbamates (subject to hydrolysis) is 1. The topological polar surface area (TPSA) is 117 Å². The van der Waals surface area contributed by atoms with Gasteiger partial charge in [0.1, 0.15) is 17.3 Å². The van der Waals surface area contributed by atoms with Crippen molar-refractivity contribution in [3.8, 4) is 6.07 Å². The fourth-order valence-corrected chi connectivity index (χ4v) is 4.28. The maximum absolute atomic E-state index is 14.9. The van der Waals surface area contributed by atoms with Gasteiger partial charge in [-0.25, -0.2) is 19.2 Å². The van der Waals surface area contributed by atoms with Gasteiger partial charge in [-0.1, -0.05) is 12.8 Å². The third-order valence-electron chi connectivity index (χ3n) is 5.91. The van der Waals surface area contributed by atoms with Crippen molar-refractivity contribution in [2.75, 3.05) is 10.6 Å². The summed E-state index contributed by atoms with van der Waals surface area (Å²) < 4.78 is 22.2. The number of pyridine rings is 2. The molecule has 1 amide bonds. The highest BCUT2D eigenvalue weighted by Crippen LogP contribution is 2.29. The minimum atomic E-state index is -0.631. The Morgan fingerprint density at radius 1 is 1.23 bits per heavy atom. The van der Waals surface area contributed by atoms with Crippen LogP contribution in [0.4, 0.5) is 26.5 Å². The largest absolute Gasteiger partial charge is 0.444 e. The zero-order valence-electron chi connectivity index (χ0n) is 20.4. The quantitative estimate of drug-likeness (QED) is 0.473. The summed E-state index contributed by atoms with van der Waals surface area (Å²) in [6.07, 6.45) is 6.41. The molecule has 3 N–H and O–H groups in total. The second-order valence-electron chi connectivity index (χ2n) is 9.76. The van der Waals surface area contributed by atoms with Gasteiger partial charge in [0.2, 0.25) is 0 Å². The van der Waals surface area contributed by atoms with E-state index in [4.69, 9.17) is 4.74 Å². The van der Waals surface area contributed by atoms with Gasteiger partial charge in [-0.3, -0.25) is 0 Å². The summed E-state index contributed by atoms with van der Waals surface area (Å²) in [4.78, 5) is 21.1. The molecule has 2 atom stereocenters. The molecule has 0 radical (unpaired) electrons. The third-order valence-corrected chi connectivity index (χ3v) is 5.91. The first-order valence-electron chi connectivity index (χ1n) is 11.7. The van der Waals surface area contributed by atoms with Gasteiger partial charge in [-0.2, -0.15) is 5.26 Å². The summed E-state index contributed by atoms with van der Waals surface area (Å²) in [5.74, 6) is -0.374. The molecule has 1 aliphatic rings. The molecule has 35 heavy (non-hydrogen) atoms. The zero-order valence-corrected chi connectivity index (χ0v) is 20.4. The fourth-order valence-electron chi connectivity index (χ4n) is 4.28. The number of carbonyl (C=O) groups is 1. The van der Waals surface area contributed by atoms with Crippen LogP contribution in [0.2, 0.25) is 0 Å². The Balaban J connectivity index is 1.58. The number of hydrogen-bond acceptors (Lipinski definition) is 7. The van der Waals surface area contributed by atoms with E-state index in [2.05, 4.69) is 25.9 Å². The molecule has 0 saturated heterocycles. The van der Waals surface area contributed by atoms with E-state index in [0.717, 1.165) is 36.7 Å². The Morgan fingerprint density at radius 2 is 1.97 bits per heavy atom. The maximum atomic E-state index is 14.9. The molecule has 0 bridgehead atoms. The number of nitrogens with zero attached hydrogens (tertiary/aromatic N) is 4. The van der Waals surface area contributed by atoms with E-state index in [1.165, 1.54) is 6.07 Å². The Bertz CT molecular complexity index is 1280. The lowest BCUT2D eigenvalue weighted by molar-refractivity contribution is 0.0488. The molecule has 184 valence electrons. The van der Waals surface area contributed by atoms with Gasteiger partial charge in [0.05, 0.1) is 17.3 Å². The van der Waals surface area contributed by atoms with E-state index >= 15 is 0 Å². The summed E-state index contributed by atoms with van der Waals surface area (Å²) in [5, 5.41) is 19.7. The Hall–Kier alpha value is -3.87. The van der Waals surface area contributed by atoms with Crippen molar-refractivity contribution in [1.82, 2.24) is 19.9 Å². The summed E-state index contributed by atoms with van der Waals surface area (Å²) >= 11 is 0. The van der Waals surface area contributed by atoms with Gasteiger partial charge in [-0.15, -0.1) is 0 Å².